The number of nitrogens with one attached hydrogen (secondary N) is 1. The zero-order valence-electron chi connectivity index (χ0n) is 14.1. The summed E-state index contributed by atoms with van der Waals surface area (Å²) in [5.74, 6) is 2.11. The van der Waals surface area contributed by atoms with Crippen LogP contribution in [0.2, 0.25) is 0 Å². The van der Waals surface area contributed by atoms with Gasteiger partial charge < -0.3 is 14.8 Å². The smallest absolute Gasteiger partial charge is 0.223 e. The van der Waals surface area contributed by atoms with Gasteiger partial charge >= 0.3 is 0 Å². The number of nitrogens with zero attached hydrogens (tertiary/aromatic N) is 4. The van der Waals surface area contributed by atoms with E-state index < -0.39 is 0 Å². The highest BCUT2D eigenvalue weighted by atomic mass is 16.6. The van der Waals surface area contributed by atoms with Crippen molar-refractivity contribution >= 4 is 5.95 Å². The molecular weight excluding hydrogens is 318 g/mol. The van der Waals surface area contributed by atoms with E-state index in [2.05, 4.69) is 20.4 Å². The van der Waals surface area contributed by atoms with Crippen molar-refractivity contribution in [3.63, 3.8) is 0 Å². The number of ether oxygens (including phenoxy) is 2. The van der Waals surface area contributed by atoms with Crippen molar-refractivity contribution in [1.29, 1.82) is 0 Å². The number of benzene rings is 1. The number of fused-ring (bicyclic) bond motifs is 1. The summed E-state index contributed by atoms with van der Waals surface area (Å²) < 4.78 is 13.4. The topological polar surface area (TPSA) is 74.1 Å². The molecule has 1 aliphatic heterocycles. The van der Waals surface area contributed by atoms with Gasteiger partial charge in [0, 0.05) is 25.0 Å². The molecule has 1 atom stereocenters. The number of hydrogen-bond acceptors (Lipinski definition) is 6. The lowest BCUT2D eigenvalue weighted by Crippen LogP contribution is -2.35. The zero-order valence-corrected chi connectivity index (χ0v) is 14.1. The first-order valence-electron chi connectivity index (χ1n) is 8.14. The minimum absolute atomic E-state index is 0.0957. The van der Waals surface area contributed by atoms with Crippen LogP contribution in [0.25, 0.3) is 11.3 Å². The van der Waals surface area contributed by atoms with E-state index in [1.807, 2.05) is 50.6 Å². The highest BCUT2D eigenvalue weighted by molar-refractivity contribution is 5.62. The second-order valence-corrected chi connectivity index (χ2v) is 6.01. The van der Waals surface area contributed by atoms with Gasteiger partial charge in [0.25, 0.3) is 0 Å². The highest BCUT2D eigenvalue weighted by Gasteiger charge is 2.20. The lowest BCUT2D eigenvalue weighted by atomic mass is 10.1. The van der Waals surface area contributed by atoms with Gasteiger partial charge in [-0.25, -0.2) is 9.97 Å². The lowest BCUT2D eigenvalue weighted by Gasteiger charge is -2.26. The summed E-state index contributed by atoms with van der Waals surface area (Å²) in [6, 6.07) is 7.68. The predicted octanol–water partition coefficient (Wildman–Crippen LogP) is 2.44. The second kappa shape index (κ2) is 6.43. The normalized spacial score (nSPS) is 15.8. The van der Waals surface area contributed by atoms with E-state index in [0.717, 1.165) is 28.3 Å². The number of hydrogen-bond donors (Lipinski definition) is 1. The maximum absolute atomic E-state index is 5.94. The number of para-hydroxylation sites is 2. The molecule has 0 saturated heterocycles. The van der Waals surface area contributed by atoms with Crippen molar-refractivity contribution in [3.05, 3.63) is 48.4 Å². The zero-order chi connectivity index (χ0) is 17.2. The van der Waals surface area contributed by atoms with E-state index in [9.17, 15) is 0 Å². The Hall–Kier alpha value is -3.09. The van der Waals surface area contributed by atoms with Crippen LogP contribution in [0.15, 0.2) is 42.9 Å². The van der Waals surface area contributed by atoms with Gasteiger partial charge in [-0.2, -0.15) is 5.10 Å². The fourth-order valence-electron chi connectivity index (χ4n) is 2.73. The summed E-state index contributed by atoms with van der Waals surface area (Å²) in [5.41, 5.74) is 2.85. The Morgan fingerprint density at radius 1 is 1.24 bits per heavy atom. The quantitative estimate of drug-likeness (QED) is 0.788. The van der Waals surface area contributed by atoms with Gasteiger partial charge in [0.15, 0.2) is 11.5 Å². The summed E-state index contributed by atoms with van der Waals surface area (Å²) in [5, 5.41) is 7.44. The van der Waals surface area contributed by atoms with Crippen molar-refractivity contribution < 1.29 is 9.47 Å². The molecular formula is C18H19N5O2. The second-order valence-electron chi connectivity index (χ2n) is 6.01. The number of aromatic nitrogens is 4. The molecule has 0 fully saturated rings. The molecule has 1 unspecified atom stereocenters. The van der Waals surface area contributed by atoms with Crippen molar-refractivity contribution in [2.45, 2.75) is 13.0 Å². The Kier molecular flexibility index (Phi) is 3.97. The molecule has 2 aromatic heterocycles. The molecule has 25 heavy (non-hydrogen) atoms. The fraction of sp³-hybridized carbons (Fsp3) is 0.278. The Morgan fingerprint density at radius 3 is 2.88 bits per heavy atom. The Labute approximate surface area is 145 Å². The number of anilines is 1. The molecule has 7 nitrogen and oxygen atoms in total. The average molecular weight is 337 g/mol. The molecule has 128 valence electrons. The van der Waals surface area contributed by atoms with Gasteiger partial charge in [-0.3, -0.25) is 4.68 Å². The van der Waals surface area contributed by atoms with Crippen molar-refractivity contribution in [2.75, 3.05) is 18.5 Å². The first-order chi connectivity index (χ1) is 12.2. The number of aryl methyl sites for hydroxylation is 2. The van der Waals surface area contributed by atoms with Crippen LogP contribution < -0.4 is 14.8 Å². The van der Waals surface area contributed by atoms with Crippen LogP contribution >= 0.6 is 0 Å². The van der Waals surface area contributed by atoms with Crippen LogP contribution in [-0.4, -0.2) is 39.0 Å². The van der Waals surface area contributed by atoms with Crippen LogP contribution in [0.5, 0.6) is 11.5 Å². The average Bonchev–Trinajstić information content (AvgIpc) is 3.07. The molecule has 0 radical (unpaired) electrons. The van der Waals surface area contributed by atoms with E-state index in [-0.39, 0.29) is 6.10 Å². The molecule has 0 bridgehead atoms. The van der Waals surface area contributed by atoms with E-state index >= 15 is 0 Å². The monoisotopic (exact) mass is 337 g/mol. The molecule has 4 rings (SSSR count). The van der Waals surface area contributed by atoms with Crippen LogP contribution in [0.1, 0.15) is 5.56 Å². The standard InChI is InChI=1S/C18H19N5O2/c1-12-7-19-18(22-17(12)13-8-21-23(2)10-13)20-9-14-11-24-15-5-3-4-6-16(15)25-14/h3-8,10,14H,9,11H2,1-2H3,(H,19,20,22). The molecule has 3 heterocycles. The lowest BCUT2D eigenvalue weighted by molar-refractivity contribution is 0.0996. The minimum Gasteiger partial charge on any atom is -0.486 e. The van der Waals surface area contributed by atoms with E-state index in [1.54, 1.807) is 10.9 Å². The summed E-state index contributed by atoms with van der Waals surface area (Å²) in [6.45, 7) is 3.04. The molecule has 1 aliphatic rings. The Balaban J connectivity index is 1.45. The summed E-state index contributed by atoms with van der Waals surface area (Å²) >= 11 is 0. The molecule has 7 heteroatoms. The maximum Gasteiger partial charge on any atom is 0.223 e. The van der Waals surface area contributed by atoms with Crippen LogP contribution in [0.3, 0.4) is 0 Å². The van der Waals surface area contributed by atoms with Crippen LogP contribution in [0, 0.1) is 6.92 Å². The van der Waals surface area contributed by atoms with Gasteiger partial charge in [0.2, 0.25) is 5.95 Å². The van der Waals surface area contributed by atoms with Gasteiger partial charge in [0.05, 0.1) is 18.4 Å². The van der Waals surface area contributed by atoms with Gasteiger partial charge in [-0.1, -0.05) is 12.1 Å². The third kappa shape index (κ3) is 3.26. The number of rotatable bonds is 4. The minimum atomic E-state index is -0.0957. The van der Waals surface area contributed by atoms with E-state index in [1.165, 1.54) is 0 Å². The third-order valence-corrected chi connectivity index (χ3v) is 4.01. The highest BCUT2D eigenvalue weighted by Crippen LogP contribution is 2.30. The van der Waals surface area contributed by atoms with Gasteiger partial charge in [-0.05, 0) is 24.6 Å². The van der Waals surface area contributed by atoms with E-state index in [0.29, 0.717) is 19.1 Å². The van der Waals surface area contributed by atoms with Crippen LogP contribution in [-0.2, 0) is 7.05 Å². The Bertz CT molecular complexity index is 893. The maximum atomic E-state index is 5.94. The molecule has 0 aliphatic carbocycles. The summed E-state index contributed by atoms with van der Waals surface area (Å²) in [7, 11) is 1.89. The first-order valence-corrected chi connectivity index (χ1v) is 8.14. The third-order valence-electron chi connectivity index (χ3n) is 4.01. The molecule has 1 N–H and O–H groups in total. The molecule has 3 aromatic rings. The Morgan fingerprint density at radius 2 is 2.08 bits per heavy atom. The van der Waals surface area contributed by atoms with Crippen molar-refractivity contribution in [1.82, 2.24) is 19.7 Å². The predicted molar refractivity (Wildman–Crippen MR) is 93.8 cm³/mol. The van der Waals surface area contributed by atoms with Crippen molar-refractivity contribution in [2.24, 2.45) is 7.05 Å². The largest absolute Gasteiger partial charge is 0.486 e. The molecule has 0 amide bonds. The van der Waals surface area contributed by atoms with E-state index in [4.69, 9.17) is 9.47 Å². The SMILES string of the molecule is Cc1cnc(NCC2COc3ccccc3O2)nc1-c1cnn(C)c1. The summed E-state index contributed by atoms with van der Waals surface area (Å²) in [4.78, 5) is 8.97. The van der Waals surface area contributed by atoms with Gasteiger partial charge in [0.1, 0.15) is 12.7 Å². The molecule has 1 aromatic carbocycles. The van der Waals surface area contributed by atoms with Crippen LogP contribution in [0.4, 0.5) is 5.95 Å². The first kappa shape index (κ1) is 15.4. The van der Waals surface area contributed by atoms with Crippen molar-refractivity contribution in [3.8, 4) is 22.8 Å². The molecule has 0 saturated carbocycles. The summed E-state index contributed by atoms with van der Waals surface area (Å²) in [6.07, 6.45) is 5.45. The fourth-order valence-corrected chi connectivity index (χ4v) is 2.73. The van der Waals surface area contributed by atoms with Gasteiger partial charge in [-0.15, -0.1) is 0 Å². The molecule has 0 spiro atoms.